The van der Waals surface area contributed by atoms with Gasteiger partial charge in [-0.1, -0.05) is 64.3 Å². The number of unbranched alkanes of at least 4 members (excludes halogenated alkanes) is 3. The summed E-state index contributed by atoms with van der Waals surface area (Å²) in [5.74, 6) is 1.26. The predicted molar refractivity (Wildman–Crippen MR) is 165 cm³/mol. The summed E-state index contributed by atoms with van der Waals surface area (Å²) in [4.78, 5) is 13.0. The summed E-state index contributed by atoms with van der Waals surface area (Å²) in [5, 5.41) is 0. The van der Waals surface area contributed by atoms with Gasteiger partial charge in [0.05, 0.1) is 25.4 Å². The van der Waals surface area contributed by atoms with Crippen LogP contribution in [0.2, 0.25) is 0 Å². The van der Waals surface area contributed by atoms with Crippen molar-refractivity contribution in [2.45, 2.75) is 59.3 Å². The maximum Gasteiger partial charge on any atom is 0.338 e. The van der Waals surface area contributed by atoms with Gasteiger partial charge in [-0.05, 0) is 84.0 Å². The van der Waals surface area contributed by atoms with E-state index >= 15 is 0 Å². The lowest BCUT2D eigenvalue weighted by Crippen LogP contribution is -2.11. The minimum absolute atomic E-state index is 0.222. The molecule has 3 aromatic rings. The summed E-state index contributed by atoms with van der Waals surface area (Å²) in [6, 6.07) is 21.8. The quantitative estimate of drug-likeness (QED) is 0.102. The molecule has 0 fully saturated rings. The second kappa shape index (κ2) is 18.9. The zero-order valence-electron chi connectivity index (χ0n) is 25.0. The lowest BCUT2D eigenvalue weighted by atomic mass is 9.96. The number of carbonyl (C=O) groups excluding carboxylic acids is 1. The van der Waals surface area contributed by atoms with Gasteiger partial charge in [0.25, 0.3) is 0 Å². The van der Waals surface area contributed by atoms with E-state index in [1.807, 2.05) is 60.7 Å². The van der Waals surface area contributed by atoms with Crippen LogP contribution in [-0.2, 0) is 14.2 Å². The van der Waals surface area contributed by atoms with Crippen LogP contribution in [0.3, 0.4) is 0 Å². The van der Waals surface area contributed by atoms with Crippen molar-refractivity contribution in [1.82, 2.24) is 0 Å². The molecule has 0 radical (unpaired) electrons. The molecule has 0 amide bonds. The number of ether oxygens (including phenoxy) is 5. The van der Waals surface area contributed by atoms with Gasteiger partial charge in [-0.2, -0.15) is 0 Å². The lowest BCUT2D eigenvalue weighted by molar-refractivity contribution is 0.0314. The summed E-state index contributed by atoms with van der Waals surface area (Å²) < 4.78 is 28.3. The van der Waals surface area contributed by atoms with Crippen molar-refractivity contribution in [2.75, 3.05) is 46.2 Å². The van der Waals surface area contributed by atoms with E-state index in [9.17, 15) is 4.79 Å². The lowest BCUT2D eigenvalue weighted by Gasteiger charge is -2.13. The van der Waals surface area contributed by atoms with Gasteiger partial charge in [0.1, 0.15) is 24.7 Å². The Morgan fingerprint density at radius 3 is 1.49 bits per heavy atom. The molecule has 0 aliphatic carbocycles. The molecule has 0 aliphatic rings. The van der Waals surface area contributed by atoms with Crippen LogP contribution >= 0.6 is 0 Å². The van der Waals surface area contributed by atoms with Crippen molar-refractivity contribution in [1.29, 1.82) is 0 Å². The summed E-state index contributed by atoms with van der Waals surface area (Å²) >= 11 is 0. The largest absolute Gasteiger partial charge is 0.494 e. The Morgan fingerprint density at radius 1 is 0.512 bits per heavy atom. The molecular formula is C35H46O6. The minimum atomic E-state index is -0.366. The molecule has 0 bridgehead atoms. The van der Waals surface area contributed by atoms with E-state index in [0.717, 1.165) is 78.9 Å². The molecule has 0 spiro atoms. The highest BCUT2D eigenvalue weighted by molar-refractivity contribution is 5.93. The van der Waals surface area contributed by atoms with Crippen molar-refractivity contribution in [3.8, 4) is 33.8 Å². The standard InChI is InChI=1S/C35H46O6/c1-4-7-18-37-21-23-40-34-16-12-29(13-17-34)31-25-30(28-10-14-33(15-11-28)39-20-9-6-3)26-32(27-31)35(36)41-24-22-38-19-8-5-2/h10-17,25-27H,4-9,18-24H2,1-3H3. The van der Waals surface area contributed by atoms with Gasteiger partial charge in [-0.3, -0.25) is 0 Å². The molecule has 6 nitrogen and oxygen atoms in total. The zero-order valence-corrected chi connectivity index (χ0v) is 25.0. The highest BCUT2D eigenvalue weighted by Gasteiger charge is 2.13. The molecule has 0 saturated carbocycles. The van der Waals surface area contributed by atoms with Gasteiger partial charge >= 0.3 is 5.97 Å². The number of benzene rings is 3. The van der Waals surface area contributed by atoms with Crippen LogP contribution in [-0.4, -0.2) is 52.2 Å². The topological polar surface area (TPSA) is 63.2 Å². The first-order chi connectivity index (χ1) is 20.1. The normalized spacial score (nSPS) is 10.9. The van der Waals surface area contributed by atoms with Crippen LogP contribution in [0, 0.1) is 0 Å². The molecule has 0 N–H and O–H groups in total. The third-order valence-corrected chi connectivity index (χ3v) is 6.55. The smallest absolute Gasteiger partial charge is 0.338 e. The number of carbonyl (C=O) groups is 1. The number of hydrogen-bond donors (Lipinski definition) is 0. The second-order valence-corrected chi connectivity index (χ2v) is 9.97. The number of esters is 1. The monoisotopic (exact) mass is 562 g/mol. The maximum atomic E-state index is 13.0. The van der Waals surface area contributed by atoms with Gasteiger partial charge in [0.15, 0.2) is 0 Å². The van der Waals surface area contributed by atoms with Crippen molar-refractivity contribution in [2.24, 2.45) is 0 Å². The molecule has 0 unspecified atom stereocenters. The number of hydrogen-bond acceptors (Lipinski definition) is 6. The Bertz CT molecular complexity index is 1140. The highest BCUT2D eigenvalue weighted by Crippen LogP contribution is 2.31. The van der Waals surface area contributed by atoms with E-state index in [2.05, 4.69) is 26.8 Å². The first-order valence-corrected chi connectivity index (χ1v) is 15.1. The van der Waals surface area contributed by atoms with E-state index in [1.54, 1.807) is 0 Å². The molecule has 0 aliphatic heterocycles. The average Bonchev–Trinajstić information content (AvgIpc) is 3.01. The zero-order chi connectivity index (χ0) is 29.1. The molecule has 41 heavy (non-hydrogen) atoms. The predicted octanol–water partition coefficient (Wildman–Crippen LogP) is 8.37. The van der Waals surface area contributed by atoms with Gasteiger partial charge < -0.3 is 23.7 Å². The summed E-state index contributed by atoms with van der Waals surface area (Å²) in [5.41, 5.74) is 4.33. The van der Waals surface area contributed by atoms with Crippen LogP contribution < -0.4 is 9.47 Å². The number of rotatable bonds is 20. The van der Waals surface area contributed by atoms with Gasteiger partial charge in [-0.25, -0.2) is 4.79 Å². The van der Waals surface area contributed by atoms with E-state index < -0.39 is 0 Å². The Hall–Kier alpha value is -3.35. The van der Waals surface area contributed by atoms with E-state index in [1.165, 1.54) is 0 Å². The van der Waals surface area contributed by atoms with Crippen LogP contribution in [0.25, 0.3) is 22.3 Å². The summed E-state index contributed by atoms with van der Waals surface area (Å²) in [6.45, 7) is 10.2. The fourth-order valence-electron chi connectivity index (χ4n) is 4.09. The molecule has 0 heterocycles. The minimum Gasteiger partial charge on any atom is -0.494 e. The van der Waals surface area contributed by atoms with Crippen LogP contribution in [0.1, 0.15) is 69.7 Å². The molecule has 0 atom stereocenters. The fourth-order valence-corrected chi connectivity index (χ4v) is 4.09. The molecule has 3 aromatic carbocycles. The van der Waals surface area contributed by atoms with Crippen molar-refractivity contribution in [3.63, 3.8) is 0 Å². The molecule has 0 aromatic heterocycles. The second-order valence-electron chi connectivity index (χ2n) is 9.97. The third-order valence-electron chi connectivity index (χ3n) is 6.55. The first-order valence-electron chi connectivity index (χ1n) is 15.1. The molecule has 222 valence electrons. The average molecular weight is 563 g/mol. The Balaban J connectivity index is 1.75. The van der Waals surface area contributed by atoms with Crippen molar-refractivity contribution >= 4 is 5.97 Å². The molecular weight excluding hydrogens is 516 g/mol. The maximum absolute atomic E-state index is 13.0. The van der Waals surface area contributed by atoms with E-state index in [-0.39, 0.29) is 12.6 Å². The highest BCUT2D eigenvalue weighted by atomic mass is 16.6. The Morgan fingerprint density at radius 2 is 0.976 bits per heavy atom. The summed E-state index contributed by atoms with van der Waals surface area (Å²) in [6.07, 6.45) is 6.37. The SMILES string of the molecule is CCCCOCCOC(=O)c1cc(-c2ccc(OCCCC)cc2)cc(-c2ccc(OCCOCCCC)cc2)c1. The molecule has 0 saturated heterocycles. The van der Waals surface area contributed by atoms with Gasteiger partial charge in [0.2, 0.25) is 0 Å². The van der Waals surface area contributed by atoms with E-state index in [0.29, 0.717) is 38.6 Å². The summed E-state index contributed by atoms with van der Waals surface area (Å²) in [7, 11) is 0. The molecule has 3 rings (SSSR count). The Kier molecular flexibility index (Phi) is 14.8. The van der Waals surface area contributed by atoms with Crippen molar-refractivity contribution < 1.29 is 28.5 Å². The van der Waals surface area contributed by atoms with E-state index in [4.69, 9.17) is 23.7 Å². The fraction of sp³-hybridized carbons (Fsp3) is 0.457. The van der Waals surface area contributed by atoms with Crippen molar-refractivity contribution in [3.05, 3.63) is 72.3 Å². The first kappa shape index (κ1) is 32.2. The molecule has 6 heteroatoms. The van der Waals surface area contributed by atoms with Crippen LogP contribution in [0.4, 0.5) is 0 Å². The van der Waals surface area contributed by atoms with Gasteiger partial charge in [-0.15, -0.1) is 0 Å². The Labute approximate surface area is 245 Å². The van der Waals surface area contributed by atoms with Crippen LogP contribution in [0.15, 0.2) is 66.7 Å². The van der Waals surface area contributed by atoms with Gasteiger partial charge in [0, 0.05) is 13.2 Å². The third kappa shape index (κ3) is 11.6. The van der Waals surface area contributed by atoms with Crippen LogP contribution in [0.5, 0.6) is 11.5 Å².